The molecule has 3 aromatic carbocycles. The standard InChI is InChI=1S/C26H29FN4O/c1-2-30-16-18-31(19-17-30)24-14-12-22(13-15-24)28-25(20-6-4-3-5-7-20)26(32)29-23-10-8-21(27)9-11-23/h3-15,25,28H,2,16-19H2,1H3,(H,29,32)/t25-/m1/s1. The monoisotopic (exact) mass is 432 g/mol. The summed E-state index contributed by atoms with van der Waals surface area (Å²) in [6.07, 6.45) is 0. The van der Waals surface area contributed by atoms with Gasteiger partial charge >= 0.3 is 0 Å². The second-order valence-corrected chi connectivity index (χ2v) is 7.95. The summed E-state index contributed by atoms with van der Waals surface area (Å²) in [4.78, 5) is 17.9. The SMILES string of the molecule is CCN1CCN(c2ccc(N[C@@H](C(=O)Nc3ccc(F)cc3)c3ccccc3)cc2)CC1. The molecule has 1 aliphatic heterocycles. The zero-order chi connectivity index (χ0) is 22.3. The van der Waals surface area contributed by atoms with E-state index in [-0.39, 0.29) is 11.7 Å². The molecule has 4 rings (SSSR count). The van der Waals surface area contributed by atoms with Crippen molar-refractivity contribution >= 4 is 23.0 Å². The number of hydrogen-bond donors (Lipinski definition) is 2. The van der Waals surface area contributed by atoms with Crippen LogP contribution in [0.15, 0.2) is 78.9 Å². The van der Waals surface area contributed by atoms with E-state index in [4.69, 9.17) is 0 Å². The Hall–Kier alpha value is -3.38. The Morgan fingerprint density at radius 2 is 1.50 bits per heavy atom. The number of hydrogen-bond acceptors (Lipinski definition) is 4. The van der Waals surface area contributed by atoms with Crippen LogP contribution in [-0.2, 0) is 4.79 Å². The molecule has 6 heteroatoms. The predicted octanol–water partition coefficient (Wildman–Crippen LogP) is 4.76. The third kappa shape index (κ3) is 5.45. The molecule has 0 bridgehead atoms. The van der Waals surface area contributed by atoms with E-state index >= 15 is 0 Å². The number of halogens is 1. The lowest BCUT2D eigenvalue weighted by Crippen LogP contribution is -2.46. The highest BCUT2D eigenvalue weighted by atomic mass is 19.1. The molecule has 1 saturated heterocycles. The second-order valence-electron chi connectivity index (χ2n) is 7.95. The molecule has 1 heterocycles. The summed E-state index contributed by atoms with van der Waals surface area (Å²) in [6, 6.07) is 23.0. The van der Waals surface area contributed by atoms with Gasteiger partial charge < -0.3 is 20.4 Å². The van der Waals surface area contributed by atoms with Crippen LogP contribution in [0.2, 0.25) is 0 Å². The fourth-order valence-corrected chi connectivity index (χ4v) is 3.95. The van der Waals surface area contributed by atoms with E-state index in [1.165, 1.54) is 17.8 Å². The lowest BCUT2D eigenvalue weighted by atomic mass is 10.1. The van der Waals surface area contributed by atoms with Gasteiger partial charge in [-0.2, -0.15) is 0 Å². The van der Waals surface area contributed by atoms with E-state index in [0.717, 1.165) is 44.0 Å². The van der Waals surface area contributed by atoms with Gasteiger partial charge in [0.25, 0.3) is 5.91 Å². The maximum absolute atomic E-state index is 13.2. The highest BCUT2D eigenvalue weighted by Gasteiger charge is 2.21. The van der Waals surface area contributed by atoms with Crippen LogP contribution in [0.4, 0.5) is 21.5 Å². The molecule has 2 N–H and O–H groups in total. The fraction of sp³-hybridized carbons (Fsp3) is 0.269. The van der Waals surface area contributed by atoms with E-state index in [0.29, 0.717) is 5.69 Å². The van der Waals surface area contributed by atoms with Crippen molar-refractivity contribution in [3.63, 3.8) is 0 Å². The predicted molar refractivity (Wildman–Crippen MR) is 129 cm³/mol. The number of carbonyl (C=O) groups excluding carboxylic acids is 1. The van der Waals surface area contributed by atoms with Crippen LogP contribution in [-0.4, -0.2) is 43.5 Å². The minimum atomic E-state index is -0.583. The van der Waals surface area contributed by atoms with Crippen LogP contribution in [0.3, 0.4) is 0 Å². The largest absolute Gasteiger partial charge is 0.370 e. The molecule has 1 atom stereocenters. The zero-order valence-corrected chi connectivity index (χ0v) is 18.3. The first kappa shape index (κ1) is 21.8. The maximum Gasteiger partial charge on any atom is 0.251 e. The molecule has 5 nitrogen and oxygen atoms in total. The fourth-order valence-electron chi connectivity index (χ4n) is 3.95. The number of nitrogens with zero attached hydrogens (tertiary/aromatic N) is 2. The smallest absolute Gasteiger partial charge is 0.251 e. The molecule has 0 aromatic heterocycles. The second kappa shape index (κ2) is 10.3. The number of carbonyl (C=O) groups is 1. The summed E-state index contributed by atoms with van der Waals surface area (Å²) < 4.78 is 13.2. The van der Waals surface area contributed by atoms with Gasteiger partial charge in [-0.15, -0.1) is 0 Å². The lowest BCUT2D eigenvalue weighted by Gasteiger charge is -2.35. The third-order valence-electron chi connectivity index (χ3n) is 5.87. The Labute approximate surface area is 188 Å². The van der Waals surface area contributed by atoms with Gasteiger partial charge in [0.05, 0.1) is 0 Å². The number of nitrogens with one attached hydrogen (secondary N) is 2. The van der Waals surface area contributed by atoms with E-state index in [2.05, 4.69) is 39.5 Å². The molecule has 0 spiro atoms. The number of anilines is 3. The molecule has 1 amide bonds. The molecule has 32 heavy (non-hydrogen) atoms. The van der Waals surface area contributed by atoms with E-state index in [1.54, 1.807) is 12.1 Å². The molecule has 3 aromatic rings. The van der Waals surface area contributed by atoms with Crippen molar-refractivity contribution in [1.29, 1.82) is 0 Å². The van der Waals surface area contributed by atoms with Gasteiger partial charge in [-0.05, 0) is 60.6 Å². The summed E-state index contributed by atoms with van der Waals surface area (Å²) in [5.41, 5.74) is 3.47. The molecule has 0 saturated carbocycles. The topological polar surface area (TPSA) is 47.6 Å². The highest BCUT2D eigenvalue weighted by Crippen LogP contribution is 2.25. The van der Waals surface area contributed by atoms with Crippen molar-refractivity contribution in [3.8, 4) is 0 Å². The van der Waals surface area contributed by atoms with Crippen LogP contribution in [0.25, 0.3) is 0 Å². The summed E-state index contributed by atoms with van der Waals surface area (Å²) in [5.74, 6) is -0.542. The Kier molecular flexibility index (Phi) is 7.02. The van der Waals surface area contributed by atoms with Crippen LogP contribution >= 0.6 is 0 Å². The van der Waals surface area contributed by atoms with Gasteiger partial charge in [0, 0.05) is 43.2 Å². The van der Waals surface area contributed by atoms with Gasteiger partial charge in [0.2, 0.25) is 0 Å². The molecular formula is C26H29FN4O. The Balaban J connectivity index is 1.47. The number of amides is 1. The number of rotatable bonds is 7. The Bertz CT molecular complexity index is 1000. The van der Waals surface area contributed by atoms with Crippen LogP contribution in [0.5, 0.6) is 0 Å². The molecule has 0 aliphatic carbocycles. The van der Waals surface area contributed by atoms with Gasteiger partial charge in [0.1, 0.15) is 11.9 Å². The van der Waals surface area contributed by atoms with Crippen molar-refractivity contribution < 1.29 is 9.18 Å². The van der Waals surface area contributed by atoms with Gasteiger partial charge in [-0.1, -0.05) is 37.3 Å². The average molecular weight is 433 g/mol. The van der Waals surface area contributed by atoms with E-state index < -0.39 is 6.04 Å². The van der Waals surface area contributed by atoms with Crippen LogP contribution in [0, 0.1) is 5.82 Å². The molecular weight excluding hydrogens is 403 g/mol. The highest BCUT2D eigenvalue weighted by molar-refractivity contribution is 5.97. The van der Waals surface area contributed by atoms with Crippen molar-refractivity contribution in [2.24, 2.45) is 0 Å². The minimum Gasteiger partial charge on any atom is -0.370 e. The summed E-state index contributed by atoms with van der Waals surface area (Å²) in [7, 11) is 0. The van der Waals surface area contributed by atoms with Crippen molar-refractivity contribution in [2.45, 2.75) is 13.0 Å². The van der Waals surface area contributed by atoms with Crippen LogP contribution < -0.4 is 15.5 Å². The number of likely N-dealkylation sites (N-methyl/N-ethyl adjacent to an activating group) is 1. The number of benzene rings is 3. The quantitative estimate of drug-likeness (QED) is 0.565. The summed E-state index contributed by atoms with van der Waals surface area (Å²) in [6.45, 7) is 7.50. The molecule has 0 radical (unpaired) electrons. The first-order valence-corrected chi connectivity index (χ1v) is 11.1. The van der Waals surface area contributed by atoms with Gasteiger partial charge in [-0.25, -0.2) is 4.39 Å². The first-order valence-electron chi connectivity index (χ1n) is 11.1. The zero-order valence-electron chi connectivity index (χ0n) is 18.3. The lowest BCUT2D eigenvalue weighted by molar-refractivity contribution is -0.117. The Morgan fingerprint density at radius 3 is 2.12 bits per heavy atom. The Morgan fingerprint density at radius 1 is 0.875 bits per heavy atom. The van der Waals surface area contributed by atoms with Crippen LogP contribution in [0.1, 0.15) is 18.5 Å². The summed E-state index contributed by atoms with van der Waals surface area (Å²) in [5, 5.41) is 6.24. The van der Waals surface area contributed by atoms with Gasteiger partial charge in [0.15, 0.2) is 0 Å². The molecule has 0 unspecified atom stereocenters. The van der Waals surface area contributed by atoms with Gasteiger partial charge in [-0.3, -0.25) is 4.79 Å². The first-order chi connectivity index (χ1) is 15.6. The summed E-state index contributed by atoms with van der Waals surface area (Å²) >= 11 is 0. The van der Waals surface area contributed by atoms with Crippen molar-refractivity contribution in [2.75, 3.05) is 48.3 Å². The maximum atomic E-state index is 13.2. The normalized spacial score (nSPS) is 15.2. The minimum absolute atomic E-state index is 0.206. The number of piperazine rings is 1. The molecule has 166 valence electrons. The van der Waals surface area contributed by atoms with Crippen molar-refractivity contribution in [1.82, 2.24) is 4.90 Å². The van der Waals surface area contributed by atoms with E-state index in [1.807, 2.05) is 42.5 Å². The molecule has 1 fully saturated rings. The van der Waals surface area contributed by atoms with E-state index in [9.17, 15) is 9.18 Å². The third-order valence-corrected chi connectivity index (χ3v) is 5.87. The van der Waals surface area contributed by atoms with Crippen molar-refractivity contribution in [3.05, 3.63) is 90.2 Å². The molecule has 1 aliphatic rings. The average Bonchev–Trinajstić information content (AvgIpc) is 2.85.